The van der Waals surface area contributed by atoms with Crippen LogP contribution >= 0.6 is 0 Å². The van der Waals surface area contributed by atoms with Crippen molar-refractivity contribution in [3.05, 3.63) is 90.5 Å². The molecular weight excluding hydrogens is 350 g/mol. The highest BCUT2D eigenvalue weighted by Crippen LogP contribution is 2.36. The highest BCUT2D eigenvalue weighted by molar-refractivity contribution is 6.13. The lowest BCUT2D eigenvalue weighted by atomic mass is 9.96. The first kappa shape index (κ1) is 17.8. The van der Waals surface area contributed by atoms with Gasteiger partial charge in [0, 0.05) is 17.1 Å². The Bertz CT molecular complexity index is 1000. The second-order valence-corrected chi connectivity index (χ2v) is 7.01. The number of para-hydroxylation sites is 3. The highest BCUT2D eigenvalue weighted by Gasteiger charge is 2.43. The van der Waals surface area contributed by atoms with Gasteiger partial charge in [0.05, 0.1) is 12.0 Å². The number of hydrogen-bond acceptors (Lipinski definition) is 3. The van der Waals surface area contributed by atoms with Gasteiger partial charge < -0.3 is 10.6 Å². The van der Waals surface area contributed by atoms with Crippen molar-refractivity contribution >= 4 is 28.9 Å². The summed E-state index contributed by atoms with van der Waals surface area (Å²) in [5.74, 6) is -0.301. The van der Waals surface area contributed by atoms with Crippen LogP contribution in [0.4, 0.5) is 17.1 Å². The second-order valence-electron chi connectivity index (χ2n) is 7.01. The first-order valence-electron chi connectivity index (χ1n) is 9.18. The number of benzene rings is 3. The number of amides is 2. The van der Waals surface area contributed by atoms with Crippen LogP contribution in [0.2, 0.25) is 0 Å². The average molecular weight is 371 g/mol. The molecule has 1 atom stereocenters. The number of rotatable bonds is 4. The van der Waals surface area contributed by atoms with Gasteiger partial charge in [-0.2, -0.15) is 0 Å². The molecule has 0 fully saturated rings. The third kappa shape index (κ3) is 3.34. The predicted molar refractivity (Wildman–Crippen MR) is 111 cm³/mol. The van der Waals surface area contributed by atoms with Crippen molar-refractivity contribution in [3.63, 3.8) is 0 Å². The Morgan fingerprint density at radius 1 is 0.929 bits per heavy atom. The summed E-state index contributed by atoms with van der Waals surface area (Å²) in [7, 11) is 0. The summed E-state index contributed by atoms with van der Waals surface area (Å²) in [6, 6.07) is 26.1. The summed E-state index contributed by atoms with van der Waals surface area (Å²) in [5, 5.41) is 6.32. The summed E-state index contributed by atoms with van der Waals surface area (Å²) in [6.45, 7) is 1.87. The van der Waals surface area contributed by atoms with Gasteiger partial charge in [0.15, 0.2) is 0 Å². The molecule has 3 aromatic rings. The van der Waals surface area contributed by atoms with E-state index < -0.39 is 5.66 Å². The van der Waals surface area contributed by atoms with Crippen LogP contribution in [0, 0.1) is 0 Å². The molecule has 0 aliphatic carbocycles. The standard InChI is InChI=1S/C23H21N3O2/c1-23(16-21(27)24-17-10-4-2-5-11-17)25-20-15-9-8-14-19(20)22(28)26(23)18-12-6-3-7-13-18/h2-15,25H,16H2,1H3,(H,24,27)/t23-/m1/s1. The maximum Gasteiger partial charge on any atom is 0.262 e. The molecule has 0 radical (unpaired) electrons. The van der Waals surface area contributed by atoms with E-state index in [0.29, 0.717) is 5.56 Å². The van der Waals surface area contributed by atoms with Gasteiger partial charge >= 0.3 is 0 Å². The molecule has 5 heteroatoms. The highest BCUT2D eigenvalue weighted by atomic mass is 16.2. The van der Waals surface area contributed by atoms with Gasteiger partial charge in [0.25, 0.3) is 5.91 Å². The van der Waals surface area contributed by atoms with Crippen LogP contribution in [0.15, 0.2) is 84.9 Å². The Kier molecular flexibility index (Phi) is 4.57. The van der Waals surface area contributed by atoms with Crippen LogP contribution in [0.3, 0.4) is 0 Å². The van der Waals surface area contributed by atoms with E-state index in [2.05, 4.69) is 10.6 Å². The molecular formula is C23H21N3O2. The van der Waals surface area contributed by atoms with E-state index in [4.69, 9.17) is 0 Å². The van der Waals surface area contributed by atoms with Crippen LogP contribution in [0.5, 0.6) is 0 Å². The molecule has 1 heterocycles. The SMILES string of the molecule is C[C@@]1(CC(=O)Nc2ccccc2)Nc2ccccc2C(=O)N1c1ccccc1. The van der Waals surface area contributed by atoms with Gasteiger partial charge in [-0.1, -0.05) is 48.5 Å². The normalized spacial score (nSPS) is 18.2. The van der Waals surface area contributed by atoms with Gasteiger partial charge in [0.1, 0.15) is 5.66 Å². The number of hydrogen-bond donors (Lipinski definition) is 2. The van der Waals surface area contributed by atoms with E-state index >= 15 is 0 Å². The molecule has 0 unspecified atom stereocenters. The molecule has 0 aromatic heterocycles. The topological polar surface area (TPSA) is 61.4 Å². The molecule has 0 saturated heterocycles. The molecule has 2 amide bonds. The van der Waals surface area contributed by atoms with Gasteiger partial charge in [-0.15, -0.1) is 0 Å². The van der Waals surface area contributed by atoms with Gasteiger partial charge in [-0.05, 0) is 43.3 Å². The number of fused-ring (bicyclic) bond motifs is 1. The van der Waals surface area contributed by atoms with E-state index in [1.165, 1.54) is 0 Å². The first-order chi connectivity index (χ1) is 13.6. The predicted octanol–water partition coefficient (Wildman–Crippen LogP) is 4.50. The van der Waals surface area contributed by atoms with E-state index in [-0.39, 0.29) is 18.2 Å². The zero-order chi connectivity index (χ0) is 19.6. The molecule has 2 N–H and O–H groups in total. The average Bonchev–Trinajstić information content (AvgIpc) is 2.69. The first-order valence-corrected chi connectivity index (χ1v) is 9.18. The summed E-state index contributed by atoms with van der Waals surface area (Å²) in [6.07, 6.45) is 0.0941. The van der Waals surface area contributed by atoms with Crippen molar-refractivity contribution in [3.8, 4) is 0 Å². The van der Waals surface area contributed by atoms with Crippen molar-refractivity contribution in [2.24, 2.45) is 0 Å². The summed E-state index contributed by atoms with van der Waals surface area (Å²) in [5.41, 5.74) is 1.88. The fourth-order valence-electron chi connectivity index (χ4n) is 3.61. The third-order valence-electron chi connectivity index (χ3n) is 4.83. The molecule has 0 spiro atoms. The van der Waals surface area contributed by atoms with E-state index in [9.17, 15) is 9.59 Å². The minimum Gasteiger partial charge on any atom is -0.361 e. The van der Waals surface area contributed by atoms with Crippen LogP contribution in [-0.4, -0.2) is 17.5 Å². The second kappa shape index (κ2) is 7.19. The lowest BCUT2D eigenvalue weighted by Gasteiger charge is -2.46. The fourth-order valence-corrected chi connectivity index (χ4v) is 3.61. The van der Waals surface area contributed by atoms with Crippen molar-refractivity contribution in [1.82, 2.24) is 0 Å². The number of carbonyl (C=O) groups excluding carboxylic acids is 2. The smallest absolute Gasteiger partial charge is 0.262 e. The van der Waals surface area contributed by atoms with Gasteiger partial charge in [-0.25, -0.2) is 0 Å². The van der Waals surface area contributed by atoms with Gasteiger partial charge in [0.2, 0.25) is 5.91 Å². The minimum absolute atomic E-state index is 0.0941. The molecule has 1 aliphatic rings. The van der Waals surface area contributed by atoms with Crippen LogP contribution in [0.1, 0.15) is 23.7 Å². The van der Waals surface area contributed by atoms with Crippen molar-refractivity contribution in [2.75, 3.05) is 15.5 Å². The molecule has 140 valence electrons. The molecule has 5 nitrogen and oxygen atoms in total. The Hall–Kier alpha value is -3.60. The Balaban J connectivity index is 1.69. The van der Waals surface area contributed by atoms with Crippen molar-refractivity contribution in [2.45, 2.75) is 19.0 Å². The van der Waals surface area contributed by atoms with Crippen molar-refractivity contribution in [1.29, 1.82) is 0 Å². The zero-order valence-corrected chi connectivity index (χ0v) is 15.6. The van der Waals surface area contributed by atoms with Crippen LogP contribution < -0.4 is 15.5 Å². The number of nitrogens with one attached hydrogen (secondary N) is 2. The summed E-state index contributed by atoms with van der Waals surface area (Å²) < 4.78 is 0. The molecule has 0 saturated carbocycles. The molecule has 0 bridgehead atoms. The maximum atomic E-state index is 13.3. The maximum absolute atomic E-state index is 13.3. The fraction of sp³-hybridized carbons (Fsp3) is 0.130. The minimum atomic E-state index is -0.911. The van der Waals surface area contributed by atoms with Crippen LogP contribution in [0.25, 0.3) is 0 Å². The van der Waals surface area contributed by atoms with E-state index in [1.807, 2.05) is 85.8 Å². The number of nitrogens with zero attached hydrogens (tertiary/aromatic N) is 1. The Labute approximate surface area is 164 Å². The number of anilines is 3. The monoisotopic (exact) mass is 371 g/mol. The Morgan fingerprint density at radius 3 is 2.25 bits per heavy atom. The van der Waals surface area contributed by atoms with E-state index in [0.717, 1.165) is 17.1 Å². The third-order valence-corrected chi connectivity index (χ3v) is 4.83. The molecule has 3 aromatic carbocycles. The lowest BCUT2D eigenvalue weighted by molar-refractivity contribution is -0.117. The Morgan fingerprint density at radius 2 is 1.54 bits per heavy atom. The largest absolute Gasteiger partial charge is 0.361 e. The number of carbonyl (C=O) groups is 2. The zero-order valence-electron chi connectivity index (χ0n) is 15.6. The van der Waals surface area contributed by atoms with Crippen molar-refractivity contribution < 1.29 is 9.59 Å². The molecule has 4 rings (SSSR count). The lowest BCUT2D eigenvalue weighted by Crippen LogP contribution is -2.60. The van der Waals surface area contributed by atoms with E-state index in [1.54, 1.807) is 11.0 Å². The van der Waals surface area contributed by atoms with Crippen LogP contribution in [-0.2, 0) is 4.79 Å². The molecule has 28 heavy (non-hydrogen) atoms. The van der Waals surface area contributed by atoms with Gasteiger partial charge in [-0.3, -0.25) is 14.5 Å². The summed E-state index contributed by atoms with van der Waals surface area (Å²) >= 11 is 0. The molecule has 1 aliphatic heterocycles. The summed E-state index contributed by atoms with van der Waals surface area (Å²) in [4.78, 5) is 27.8. The quantitative estimate of drug-likeness (QED) is 0.710.